The highest BCUT2D eigenvalue weighted by Gasteiger charge is 2.27. The smallest absolute Gasteiger partial charge is 0.315 e. The lowest BCUT2D eigenvalue weighted by atomic mass is 9.85. The molecule has 0 heterocycles. The van der Waals surface area contributed by atoms with Crippen molar-refractivity contribution < 1.29 is 10.0 Å². The molecule has 110 valence electrons. The molecule has 0 amide bonds. The first-order valence-electron chi connectivity index (χ1n) is 7.00. The van der Waals surface area contributed by atoms with Crippen LogP contribution in [0.3, 0.4) is 0 Å². The summed E-state index contributed by atoms with van der Waals surface area (Å²) in [4.78, 5) is 10.9. The number of anilines is 2. The SMILES string of the molecule is CNc1cccc(NC2CCCCC2CO)c1[N+](=O)[O-]. The number of hydrogen-bond donors (Lipinski definition) is 3. The Kier molecular flexibility index (Phi) is 4.79. The fourth-order valence-electron chi connectivity index (χ4n) is 2.87. The topological polar surface area (TPSA) is 87.4 Å². The fraction of sp³-hybridized carbons (Fsp3) is 0.571. The second-order valence-corrected chi connectivity index (χ2v) is 5.19. The molecule has 0 aromatic heterocycles. The third kappa shape index (κ3) is 3.01. The summed E-state index contributed by atoms with van der Waals surface area (Å²) in [5, 5.41) is 26.8. The van der Waals surface area contributed by atoms with E-state index in [0.29, 0.717) is 11.4 Å². The van der Waals surface area contributed by atoms with Crippen LogP contribution >= 0.6 is 0 Å². The largest absolute Gasteiger partial charge is 0.396 e. The summed E-state index contributed by atoms with van der Waals surface area (Å²) in [6.45, 7) is 0.122. The lowest BCUT2D eigenvalue weighted by Gasteiger charge is -2.31. The minimum absolute atomic E-state index is 0.0669. The van der Waals surface area contributed by atoms with Crippen LogP contribution in [0.4, 0.5) is 17.1 Å². The summed E-state index contributed by atoms with van der Waals surface area (Å²) in [6, 6.07) is 5.30. The van der Waals surface area contributed by atoms with Crippen LogP contribution in [0, 0.1) is 16.0 Å². The van der Waals surface area contributed by atoms with E-state index in [1.54, 1.807) is 25.2 Å². The van der Waals surface area contributed by atoms with Gasteiger partial charge in [-0.1, -0.05) is 18.9 Å². The molecule has 6 heteroatoms. The Morgan fingerprint density at radius 2 is 2.05 bits per heavy atom. The van der Waals surface area contributed by atoms with E-state index in [-0.39, 0.29) is 29.2 Å². The van der Waals surface area contributed by atoms with Crippen molar-refractivity contribution in [1.29, 1.82) is 0 Å². The Labute approximate surface area is 118 Å². The van der Waals surface area contributed by atoms with E-state index < -0.39 is 0 Å². The number of hydrogen-bond acceptors (Lipinski definition) is 5. The van der Waals surface area contributed by atoms with Gasteiger partial charge in [0.2, 0.25) is 0 Å². The molecule has 1 aliphatic rings. The molecule has 0 spiro atoms. The van der Waals surface area contributed by atoms with E-state index in [9.17, 15) is 15.2 Å². The zero-order chi connectivity index (χ0) is 14.5. The van der Waals surface area contributed by atoms with Crippen molar-refractivity contribution in [2.75, 3.05) is 24.3 Å². The minimum atomic E-state index is -0.370. The molecule has 0 bridgehead atoms. The molecule has 20 heavy (non-hydrogen) atoms. The molecule has 1 aromatic rings. The molecule has 0 saturated heterocycles. The van der Waals surface area contributed by atoms with Crippen LogP contribution < -0.4 is 10.6 Å². The molecular formula is C14H21N3O3. The number of nitro groups is 1. The van der Waals surface area contributed by atoms with Gasteiger partial charge in [0.25, 0.3) is 0 Å². The Bertz CT molecular complexity index is 479. The van der Waals surface area contributed by atoms with Gasteiger partial charge < -0.3 is 15.7 Å². The monoisotopic (exact) mass is 279 g/mol. The van der Waals surface area contributed by atoms with Crippen LogP contribution in [0.5, 0.6) is 0 Å². The van der Waals surface area contributed by atoms with Crippen molar-refractivity contribution in [2.24, 2.45) is 5.92 Å². The molecular weight excluding hydrogens is 258 g/mol. The third-order valence-electron chi connectivity index (χ3n) is 3.97. The maximum Gasteiger partial charge on any atom is 0.315 e. The Balaban J connectivity index is 2.26. The number of nitro benzene ring substituents is 1. The van der Waals surface area contributed by atoms with Gasteiger partial charge in [0, 0.05) is 25.6 Å². The Hall–Kier alpha value is -1.82. The van der Waals surface area contributed by atoms with Gasteiger partial charge in [-0.3, -0.25) is 10.1 Å². The van der Waals surface area contributed by atoms with Crippen LogP contribution in [-0.2, 0) is 0 Å². The Morgan fingerprint density at radius 1 is 1.35 bits per heavy atom. The predicted molar refractivity (Wildman–Crippen MR) is 79.1 cm³/mol. The number of para-hydroxylation sites is 1. The predicted octanol–water partition coefficient (Wildman–Crippen LogP) is 2.60. The van der Waals surface area contributed by atoms with Crippen molar-refractivity contribution in [3.8, 4) is 0 Å². The molecule has 2 rings (SSSR count). The lowest BCUT2D eigenvalue weighted by Crippen LogP contribution is -2.34. The average molecular weight is 279 g/mol. The van der Waals surface area contributed by atoms with E-state index >= 15 is 0 Å². The molecule has 1 fully saturated rings. The molecule has 6 nitrogen and oxygen atoms in total. The number of rotatable bonds is 5. The maximum absolute atomic E-state index is 11.3. The van der Waals surface area contributed by atoms with Gasteiger partial charge in [0.15, 0.2) is 0 Å². The molecule has 2 atom stereocenters. The molecule has 1 aromatic carbocycles. The van der Waals surface area contributed by atoms with Crippen LogP contribution in [-0.4, -0.2) is 29.7 Å². The summed E-state index contributed by atoms with van der Waals surface area (Å²) < 4.78 is 0. The highest BCUT2D eigenvalue weighted by atomic mass is 16.6. The highest BCUT2D eigenvalue weighted by molar-refractivity contribution is 5.76. The quantitative estimate of drug-likeness (QED) is 0.569. The second-order valence-electron chi connectivity index (χ2n) is 5.19. The number of nitrogens with one attached hydrogen (secondary N) is 2. The number of benzene rings is 1. The van der Waals surface area contributed by atoms with Gasteiger partial charge in [-0.05, 0) is 25.0 Å². The van der Waals surface area contributed by atoms with E-state index in [2.05, 4.69) is 10.6 Å². The summed E-state index contributed by atoms with van der Waals surface area (Å²) in [6.07, 6.45) is 4.11. The first-order chi connectivity index (χ1) is 9.67. The minimum Gasteiger partial charge on any atom is -0.396 e. The maximum atomic E-state index is 11.3. The molecule has 3 N–H and O–H groups in total. The van der Waals surface area contributed by atoms with Crippen LogP contribution in [0.2, 0.25) is 0 Å². The zero-order valence-corrected chi connectivity index (χ0v) is 11.6. The van der Waals surface area contributed by atoms with Crippen molar-refractivity contribution in [2.45, 2.75) is 31.7 Å². The van der Waals surface area contributed by atoms with Crippen LogP contribution in [0.25, 0.3) is 0 Å². The number of nitrogens with zero attached hydrogens (tertiary/aromatic N) is 1. The highest BCUT2D eigenvalue weighted by Crippen LogP contribution is 2.35. The zero-order valence-electron chi connectivity index (χ0n) is 11.6. The van der Waals surface area contributed by atoms with Crippen LogP contribution in [0.15, 0.2) is 18.2 Å². The average Bonchev–Trinajstić information content (AvgIpc) is 2.47. The molecule has 0 radical (unpaired) electrons. The summed E-state index contributed by atoms with van der Waals surface area (Å²) in [5.41, 5.74) is 1.08. The van der Waals surface area contributed by atoms with E-state index in [4.69, 9.17) is 0 Å². The van der Waals surface area contributed by atoms with Crippen molar-refractivity contribution in [3.05, 3.63) is 28.3 Å². The first kappa shape index (κ1) is 14.6. The van der Waals surface area contributed by atoms with Gasteiger partial charge in [0.05, 0.1) is 4.92 Å². The molecule has 2 unspecified atom stereocenters. The van der Waals surface area contributed by atoms with E-state index in [1.807, 2.05) is 0 Å². The van der Waals surface area contributed by atoms with E-state index in [0.717, 1.165) is 25.7 Å². The van der Waals surface area contributed by atoms with Crippen molar-refractivity contribution in [1.82, 2.24) is 0 Å². The summed E-state index contributed by atoms with van der Waals surface area (Å²) in [5.74, 6) is 0.168. The third-order valence-corrected chi connectivity index (χ3v) is 3.97. The van der Waals surface area contributed by atoms with Crippen molar-refractivity contribution >= 4 is 17.1 Å². The number of aliphatic hydroxyl groups is 1. The number of aliphatic hydroxyl groups excluding tert-OH is 1. The normalized spacial score (nSPS) is 22.3. The van der Waals surface area contributed by atoms with Gasteiger partial charge in [-0.15, -0.1) is 0 Å². The Morgan fingerprint density at radius 3 is 2.70 bits per heavy atom. The second kappa shape index (κ2) is 6.56. The standard InChI is InChI=1S/C14H21N3O3/c1-15-12-7-4-8-13(14(12)17(19)20)16-11-6-3-2-5-10(11)9-18/h4,7-8,10-11,15-16,18H,2-3,5-6,9H2,1H3. The summed E-state index contributed by atoms with van der Waals surface area (Å²) >= 11 is 0. The fourth-order valence-corrected chi connectivity index (χ4v) is 2.87. The lowest BCUT2D eigenvalue weighted by molar-refractivity contribution is -0.383. The molecule has 0 aliphatic heterocycles. The van der Waals surface area contributed by atoms with Gasteiger partial charge >= 0.3 is 5.69 Å². The summed E-state index contributed by atoms with van der Waals surface area (Å²) in [7, 11) is 1.67. The van der Waals surface area contributed by atoms with Gasteiger partial charge in [-0.25, -0.2) is 0 Å². The molecule has 1 aliphatic carbocycles. The van der Waals surface area contributed by atoms with Gasteiger partial charge in [0.1, 0.15) is 11.4 Å². The van der Waals surface area contributed by atoms with Crippen LogP contribution in [0.1, 0.15) is 25.7 Å². The van der Waals surface area contributed by atoms with E-state index in [1.165, 1.54) is 0 Å². The van der Waals surface area contributed by atoms with Crippen molar-refractivity contribution in [3.63, 3.8) is 0 Å². The molecule has 1 saturated carbocycles. The first-order valence-corrected chi connectivity index (χ1v) is 7.00. The van der Waals surface area contributed by atoms with Gasteiger partial charge in [-0.2, -0.15) is 0 Å².